The molecule has 0 aromatic heterocycles. The highest BCUT2D eigenvalue weighted by atomic mass is 16.5. The van der Waals surface area contributed by atoms with Crippen molar-refractivity contribution in [3.8, 4) is 11.5 Å². The molecular formula is C13H15NO3. The second-order valence-corrected chi connectivity index (χ2v) is 4.10. The fourth-order valence-electron chi connectivity index (χ4n) is 1.75. The third-order valence-corrected chi connectivity index (χ3v) is 2.68. The van der Waals surface area contributed by atoms with Crippen molar-refractivity contribution in [3.05, 3.63) is 36.5 Å². The Morgan fingerprint density at radius 3 is 2.71 bits per heavy atom. The number of nitrogens with zero attached hydrogens (tertiary/aromatic N) is 1. The standard InChI is InChI=1S/C13H15NO3/c15-7-1-6-14-8-11(9-14)10-17-13-4-2-12(16)3-5-13/h1-7,11,16H,8-10H2. The Balaban J connectivity index is 1.69. The van der Waals surface area contributed by atoms with Gasteiger partial charge in [0.25, 0.3) is 0 Å². The minimum atomic E-state index is 0.242. The highest BCUT2D eigenvalue weighted by molar-refractivity contribution is 5.64. The van der Waals surface area contributed by atoms with E-state index in [2.05, 4.69) is 4.90 Å². The number of ether oxygens (including phenoxy) is 1. The van der Waals surface area contributed by atoms with Crippen LogP contribution in [0.15, 0.2) is 36.5 Å². The van der Waals surface area contributed by atoms with Crippen molar-refractivity contribution in [3.63, 3.8) is 0 Å². The molecule has 0 aliphatic carbocycles. The number of phenols is 1. The fraction of sp³-hybridized carbons (Fsp3) is 0.308. The van der Waals surface area contributed by atoms with Crippen molar-refractivity contribution in [2.75, 3.05) is 19.7 Å². The van der Waals surface area contributed by atoms with Gasteiger partial charge in [0.15, 0.2) is 0 Å². The first-order valence-corrected chi connectivity index (χ1v) is 5.56. The number of hydrogen-bond donors (Lipinski definition) is 1. The Bertz CT molecular complexity index is 394. The summed E-state index contributed by atoms with van der Waals surface area (Å²) in [6.07, 6.45) is 4.07. The molecule has 0 amide bonds. The Labute approximate surface area is 100 Å². The fourth-order valence-corrected chi connectivity index (χ4v) is 1.75. The predicted octanol–water partition coefficient (Wildman–Crippen LogP) is 1.42. The molecule has 1 aliphatic rings. The first-order valence-electron chi connectivity index (χ1n) is 5.56. The predicted molar refractivity (Wildman–Crippen MR) is 63.9 cm³/mol. The van der Waals surface area contributed by atoms with Crippen LogP contribution in [-0.2, 0) is 4.79 Å². The van der Waals surface area contributed by atoms with Crippen molar-refractivity contribution < 1.29 is 14.6 Å². The van der Waals surface area contributed by atoms with Crippen LogP contribution in [0, 0.1) is 5.92 Å². The molecule has 1 heterocycles. The lowest BCUT2D eigenvalue weighted by Gasteiger charge is -2.38. The maximum absolute atomic E-state index is 10.1. The van der Waals surface area contributed by atoms with E-state index in [9.17, 15) is 4.79 Å². The molecule has 17 heavy (non-hydrogen) atoms. The van der Waals surface area contributed by atoms with Crippen LogP contribution in [-0.4, -0.2) is 36.0 Å². The van der Waals surface area contributed by atoms with E-state index in [0.29, 0.717) is 12.5 Å². The van der Waals surface area contributed by atoms with Gasteiger partial charge < -0.3 is 14.7 Å². The van der Waals surface area contributed by atoms with Crippen LogP contribution < -0.4 is 4.74 Å². The summed E-state index contributed by atoms with van der Waals surface area (Å²) in [7, 11) is 0. The summed E-state index contributed by atoms with van der Waals surface area (Å²) in [6, 6.07) is 6.71. The van der Waals surface area contributed by atoms with Gasteiger partial charge in [-0.3, -0.25) is 4.79 Å². The first-order chi connectivity index (χ1) is 8.28. The van der Waals surface area contributed by atoms with Crippen LogP contribution in [0.4, 0.5) is 0 Å². The van der Waals surface area contributed by atoms with Crippen molar-refractivity contribution in [1.82, 2.24) is 4.90 Å². The zero-order chi connectivity index (χ0) is 12.1. The third kappa shape index (κ3) is 3.24. The lowest BCUT2D eigenvalue weighted by atomic mass is 10.0. The highest BCUT2D eigenvalue weighted by Gasteiger charge is 2.24. The van der Waals surface area contributed by atoms with Crippen LogP contribution in [0.25, 0.3) is 0 Å². The lowest BCUT2D eigenvalue weighted by Crippen LogP contribution is -2.45. The summed E-state index contributed by atoms with van der Waals surface area (Å²) >= 11 is 0. The largest absolute Gasteiger partial charge is 0.508 e. The van der Waals surface area contributed by atoms with Gasteiger partial charge in [0.1, 0.15) is 17.8 Å². The van der Waals surface area contributed by atoms with Gasteiger partial charge in [-0.25, -0.2) is 0 Å². The SMILES string of the molecule is O=CC=CN1CC(COc2ccc(O)cc2)C1. The summed E-state index contributed by atoms with van der Waals surface area (Å²) in [5.41, 5.74) is 0. The number of rotatable bonds is 5. The molecule has 1 fully saturated rings. The first kappa shape index (κ1) is 11.5. The van der Waals surface area contributed by atoms with E-state index in [1.54, 1.807) is 30.5 Å². The molecule has 0 radical (unpaired) electrons. The number of aromatic hydroxyl groups is 1. The Morgan fingerprint density at radius 2 is 2.06 bits per heavy atom. The highest BCUT2D eigenvalue weighted by Crippen LogP contribution is 2.20. The number of hydrogen-bond acceptors (Lipinski definition) is 4. The van der Waals surface area contributed by atoms with Crippen molar-refractivity contribution in [2.45, 2.75) is 0 Å². The summed E-state index contributed by atoms with van der Waals surface area (Å²) in [5.74, 6) is 1.51. The van der Waals surface area contributed by atoms with Crippen molar-refractivity contribution >= 4 is 6.29 Å². The molecule has 1 aromatic rings. The molecule has 1 saturated heterocycles. The number of carbonyl (C=O) groups is 1. The number of benzene rings is 1. The van der Waals surface area contributed by atoms with Crippen LogP contribution in [0.3, 0.4) is 0 Å². The van der Waals surface area contributed by atoms with Crippen LogP contribution in [0.2, 0.25) is 0 Å². The van der Waals surface area contributed by atoms with Gasteiger partial charge in [0, 0.05) is 25.2 Å². The number of carbonyl (C=O) groups excluding carboxylic acids is 1. The van der Waals surface area contributed by atoms with Crippen LogP contribution >= 0.6 is 0 Å². The molecule has 4 heteroatoms. The van der Waals surface area contributed by atoms with E-state index >= 15 is 0 Å². The van der Waals surface area contributed by atoms with E-state index in [1.807, 2.05) is 0 Å². The van der Waals surface area contributed by atoms with E-state index in [1.165, 1.54) is 6.08 Å². The third-order valence-electron chi connectivity index (χ3n) is 2.68. The summed E-state index contributed by atoms with van der Waals surface area (Å²) < 4.78 is 5.59. The van der Waals surface area contributed by atoms with Crippen LogP contribution in [0.1, 0.15) is 0 Å². The quantitative estimate of drug-likeness (QED) is 0.617. The number of aldehydes is 1. The smallest absolute Gasteiger partial charge is 0.144 e. The summed E-state index contributed by atoms with van der Waals surface area (Å²) in [4.78, 5) is 12.2. The molecule has 1 aliphatic heterocycles. The lowest BCUT2D eigenvalue weighted by molar-refractivity contribution is -0.104. The van der Waals surface area contributed by atoms with E-state index in [0.717, 1.165) is 25.1 Å². The maximum Gasteiger partial charge on any atom is 0.144 e. The molecule has 0 spiro atoms. The molecule has 1 aromatic carbocycles. The second kappa shape index (κ2) is 5.39. The average Bonchev–Trinajstić information content (AvgIpc) is 2.29. The minimum absolute atomic E-state index is 0.242. The number of allylic oxidation sites excluding steroid dienone is 1. The topological polar surface area (TPSA) is 49.8 Å². The van der Waals surface area contributed by atoms with E-state index in [-0.39, 0.29) is 5.75 Å². The molecule has 4 nitrogen and oxygen atoms in total. The van der Waals surface area contributed by atoms with E-state index < -0.39 is 0 Å². The summed E-state index contributed by atoms with van der Waals surface area (Å²) in [5, 5.41) is 9.11. The van der Waals surface area contributed by atoms with Gasteiger partial charge in [-0.1, -0.05) is 0 Å². The summed E-state index contributed by atoms with van der Waals surface area (Å²) in [6.45, 7) is 2.50. The van der Waals surface area contributed by atoms with Gasteiger partial charge in [0.2, 0.25) is 0 Å². The zero-order valence-electron chi connectivity index (χ0n) is 9.45. The molecule has 1 N–H and O–H groups in total. The normalized spacial score (nSPS) is 15.9. The Hall–Kier alpha value is -1.97. The maximum atomic E-state index is 10.1. The minimum Gasteiger partial charge on any atom is -0.508 e. The number of phenolic OH excluding ortho intramolecular Hbond substituents is 1. The molecule has 0 saturated carbocycles. The van der Waals surface area contributed by atoms with Crippen LogP contribution in [0.5, 0.6) is 11.5 Å². The molecule has 2 rings (SSSR count). The Morgan fingerprint density at radius 1 is 1.35 bits per heavy atom. The van der Waals surface area contributed by atoms with Gasteiger partial charge in [0.05, 0.1) is 6.61 Å². The molecule has 0 atom stereocenters. The van der Waals surface area contributed by atoms with E-state index in [4.69, 9.17) is 9.84 Å². The molecule has 0 bridgehead atoms. The Kier molecular flexibility index (Phi) is 3.65. The van der Waals surface area contributed by atoms with Gasteiger partial charge in [-0.2, -0.15) is 0 Å². The molecule has 90 valence electrons. The van der Waals surface area contributed by atoms with Gasteiger partial charge in [-0.05, 0) is 30.3 Å². The van der Waals surface area contributed by atoms with Crippen molar-refractivity contribution in [1.29, 1.82) is 0 Å². The molecular weight excluding hydrogens is 218 g/mol. The molecule has 0 unspecified atom stereocenters. The van der Waals surface area contributed by atoms with Crippen molar-refractivity contribution in [2.24, 2.45) is 5.92 Å². The van der Waals surface area contributed by atoms with Gasteiger partial charge >= 0.3 is 0 Å². The zero-order valence-corrected chi connectivity index (χ0v) is 9.45. The monoisotopic (exact) mass is 233 g/mol. The second-order valence-electron chi connectivity index (χ2n) is 4.10. The average molecular weight is 233 g/mol. The van der Waals surface area contributed by atoms with Gasteiger partial charge in [-0.15, -0.1) is 0 Å². The number of likely N-dealkylation sites (tertiary alicyclic amines) is 1.